The van der Waals surface area contributed by atoms with Crippen LogP contribution in [0.2, 0.25) is 0 Å². The lowest BCUT2D eigenvalue weighted by atomic mass is 10.2. The summed E-state index contributed by atoms with van der Waals surface area (Å²) in [6, 6.07) is 5.29. The fraction of sp³-hybridized carbons (Fsp3) is 0.273. The van der Waals surface area contributed by atoms with Crippen molar-refractivity contribution in [2.24, 2.45) is 0 Å². The first-order valence-corrected chi connectivity index (χ1v) is 7.22. The molecule has 0 saturated heterocycles. The first kappa shape index (κ1) is 12.6. The molecule has 0 amide bonds. The van der Waals surface area contributed by atoms with Gasteiger partial charge in [-0.3, -0.25) is 14.8 Å². The molecular formula is C11H14N4O2S. The van der Waals surface area contributed by atoms with Crippen molar-refractivity contribution < 1.29 is 8.42 Å². The molecule has 96 valence electrons. The Labute approximate surface area is 106 Å². The van der Waals surface area contributed by atoms with Gasteiger partial charge in [0.05, 0.1) is 11.4 Å². The van der Waals surface area contributed by atoms with Crippen molar-refractivity contribution in [1.29, 1.82) is 0 Å². The molecule has 0 aliphatic rings. The molecule has 2 aromatic rings. The maximum Gasteiger partial charge on any atom is 0.233 e. The fourth-order valence-electron chi connectivity index (χ4n) is 1.53. The van der Waals surface area contributed by atoms with Crippen LogP contribution >= 0.6 is 0 Å². The molecule has 2 N–H and O–H groups in total. The highest BCUT2D eigenvalue weighted by Crippen LogP contribution is 2.19. The molecular weight excluding hydrogens is 252 g/mol. The molecule has 6 nitrogen and oxygen atoms in total. The first-order valence-electron chi connectivity index (χ1n) is 5.57. The average molecular weight is 266 g/mol. The molecule has 2 rings (SSSR count). The van der Waals surface area contributed by atoms with Crippen LogP contribution < -0.4 is 4.72 Å². The predicted molar refractivity (Wildman–Crippen MR) is 69.5 cm³/mol. The molecule has 0 aliphatic heterocycles. The Morgan fingerprint density at radius 3 is 2.72 bits per heavy atom. The number of hydrogen-bond donors (Lipinski definition) is 2. The maximum atomic E-state index is 11.6. The van der Waals surface area contributed by atoms with Gasteiger partial charge in [0.1, 0.15) is 0 Å². The summed E-state index contributed by atoms with van der Waals surface area (Å²) in [5.41, 5.74) is 1.64. The second-order valence-corrected chi connectivity index (χ2v) is 5.67. The summed E-state index contributed by atoms with van der Waals surface area (Å²) >= 11 is 0. The van der Waals surface area contributed by atoms with Gasteiger partial charge < -0.3 is 0 Å². The third kappa shape index (κ3) is 3.07. The Morgan fingerprint density at radius 2 is 2.06 bits per heavy atom. The van der Waals surface area contributed by atoms with E-state index in [2.05, 4.69) is 19.9 Å². The normalized spacial score (nSPS) is 11.4. The van der Waals surface area contributed by atoms with Crippen LogP contribution in [0.1, 0.15) is 13.3 Å². The van der Waals surface area contributed by atoms with E-state index >= 15 is 0 Å². The van der Waals surface area contributed by atoms with E-state index in [0.29, 0.717) is 12.2 Å². The Bertz CT molecular complexity index is 607. The zero-order valence-corrected chi connectivity index (χ0v) is 10.7. The summed E-state index contributed by atoms with van der Waals surface area (Å²) in [5.74, 6) is 0.389. The molecule has 18 heavy (non-hydrogen) atoms. The lowest BCUT2D eigenvalue weighted by Gasteiger charge is -2.02. The van der Waals surface area contributed by atoms with Crippen LogP contribution in [-0.4, -0.2) is 29.4 Å². The topological polar surface area (TPSA) is 87.7 Å². The second kappa shape index (κ2) is 5.18. The maximum absolute atomic E-state index is 11.6. The van der Waals surface area contributed by atoms with Crippen LogP contribution in [0.5, 0.6) is 0 Å². The minimum atomic E-state index is -3.30. The number of H-pyrrole nitrogens is 1. The van der Waals surface area contributed by atoms with Crippen molar-refractivity contribution in [3.05, 3.63) is 30.6 Å². The molecule has 0 aliphatic carbocycles. The third-order valence-electron chi connectivity index (χ3n) is 2.30. The lowest BCUT2D eigenvalue weighted by molar-refractivity contribution is 0.599. The number of rotatable bonds is 5. The number of hydrogen-bond acceptors (Lipinski definition) is 4. The minimum absolute atomic E-state index is 0.0877. The van der Waals surface area contributed by atoms with E-state index in [9.17, 15) is 8.42 Å². The van der Waals surface area contributed by atoms with Crippen molar-refractivity contribution in [3.63, 3.8) is 0 Å². The highest BCUT2D eigenvalue weighted by molar-refractivity contribution is 7.92. The zero-order valence-electron chi connectivity index (χ0n) is 9.92. The quantitative estimate of drug-likeness (QED) is 0.860. The highest BCUT2D eigenvalue weighted by atomic mass is 32.2. The van der Waals surface area contributed by atoms with Crippen molar-refractivity contribution >= 4 is 15.8 Å². The number of anilines is 1. The molecule has 7 heteroatoms. The van der Waals surface area contributed by atoms with E-state index < -0.39 is 10.0 Å². The van der Waals surface area contributed by atoms with E-state index in [0.717, 1.165) is 11.3 Å². The molecule has 2 heterocycles. The summed E-state index contributed by atoms with van der Waals surface area (Å²) in [4.78, 5) is 3.92. The Balaban J connectivity index is 2.17. The van der Waals surface area contributed by atoms with E-state index in [-0.39, 0.29) is 5.75 Å². The predicted octanol–water partition coefficient (Wildman–Crippen LogP) is 1.62. The number of sulfonamides is 1. The molecule has 2 aromatic heterocycles. The number of nitrogens with zero attached hydrogens (tertiary/aromatic N) is 2. The summed E-state index contributed by atoms with van der Waals surface area (Å²) in [6.45, 7) is 1.81. The summed E-state index contributed by atoms with van der Waals surface area (Å²) < 4.78 is 25.6. The van der Waals surface area contributed by atoms with Gasteiger partial charge in [0, 0.05) is 24.0 Å². The Hall–Kier alpha value is -1.89. The van der Waals surface area contributed by atoms with Crippen LogP contribution in [0, 0.1) is 0 Å². The van der Waals surface area contributed by atoms with Gasteiger partial charge in [-0.15, -0.1) is 0 Å². The Kier molecular flexibility index (Phi) is 3.61. The largest absolute Gasteiger partial charge is 0.276 e. The van der Waals surface area contributed by atoms with Crippen molar-refractivity contribution in [2.45, 2.75) is 13.3 Å². The molecule has 0 saturated carbocycles. The molecule has 0 radical (unpaired) electrons. The monoisotopic (exact) mass is 266 g/mol. The summed E-state index contributed by atoms with van der Waals surface area (Å²) in [7, 11) is -3.30. The number of pyridine rings is 1. The van der Waals surface area contributed by atoms with E-state index in [1.165, 1.54) is 0 Å². The summed E-state index contributed by atoms with van der Waals surface area (Å²) in [5, 5.41) is 6.71. The highest BCUT2D eigenvalue weighted by Gasteiger charge is 2.11. The van der Waals surface area contributed by atoms with Crippen molar-refractivity contribution in [1.82, 2.24) is 15.2 Å². The van der Waals surface area contributed by atoms with Crippen LogP contribution in [0.4, 0.5) is 5.82 Å². The number of nitrogens with one attached hydrogen (secondary N) is 2. The van der Waals surface area contributed by atoms with E-state index in [1.807, 2.05) is 19.1 Å². The standard InChI is InChI=1S/C11H14N4O2S/c1-2-7-18(16,17)15-11-8-10(13-14-11)9-3-5-12-6-4-9/h3-6,8H,2,7H2,1H3,(H2,13,14,15). The number of aromatic amines is 1. The zero-order chi connectivity index (χ0) is 13.0. The van der Waals surface area contributed by atoms with Gasteiger partial charge in [-0.05, 0) is 18.6 Å². The van der Waals surface area contributed by atoms with E-state index in [1.54, 1.807) is 18.5 Å². The van der Waals surface area contributed by atoms with Gasteiger partial charge in [0.15, 0.2) is 5.82 Å². The molecule has 0 unspecified atom stereocenters. The van der Waals surface area contributed by atoms with E-state index in [4.69, 9.17) is 0 Å². The molecule has 0 aromatic carbocycles. The van der Waals surface area contributed by atoms with Crippen LogP contribution in [0.3, 0.4) is 0 Å². The van der Waals surface area contributed by atoms with Gasteiger partial charge in [0.25, 0.3) is 0 Å². The molecule has 0 spiro atoms. The van der Waals surface area contributed by atoms with Crippen molar-refractivity contribution in [3.8, 4) is 11.3 Å². The van der Waals surface area contributed by atoms with Gasteiger partial charge in [-0.1, -0.05) is 6.92 Å². The molecule has 0 fully saturated rings. The van der Waals surface area contributed by atoms with Gasteiger partial charge >= 0.3 is 0 Å². The van der Waals surface area contributed by atoms with Gasteiger partial charge in [0.2, 0.25) is 10.0 Å². The lowest BCUT2D eigenvalue weighted by Crippen LogP contribution is -2.16. The van der Waals surface area contributed by atoms with Crippen molar-refractivity contribution in [2.75, 3.05) is 10.5 Å². The second-order valence-electron chi connectivity index (χ2n) is 3.82. The van der Waals surface area contributed by atoms with Crippen LogP contribution in [-0.2, 0) is 10.0 Å². The van der Waals surface area contributed by atoms with Crippen LogP contribution in [0.25, 0.3) is 11.3 Å². The van der Waals surface area contributed by atoms with Gasteiger partial charge in [-0.25, -0.2) is 8.42 Å². The fourth-order valence-corrected chi connectivity index (χ4v) is 2.60. The average Bonchev–Trinajstić information content (AvgIpc) is 2.77. The molecule has 0 atom stereocenters. The summed E-state index contributed by atoms with van der Waals surface area (Å²) in [6.07, 6.45) is 3.89. The SMILES string of the molecule is CCCS(=O)(=O)Nc1cc(-c2ccncc2)[nH]n1. The van der Waals surface area contributed by atoms with Crippen LogP contribution in [0.15, 0.2) is 30.6 Å². The minimum Gasteiger partial charge on any atom is -0.276 e. The van der Waals surface area contributed by atoms with Gasteiger partial charge in [-0.2, -0.15) is 5.10 Å². The third-order valence-corrected chi connectivity index (χ3v) is 3.77. The molecule has 0 bridgehead atoms. The Morgan fingerprint density at radius 1 is 1.33 bits per heavy atom. The number of aromatic nitrogens is 3. The smallest absolute Gasteiger partial charge is 0.233 e. The first-order chi connectivity index (χ1) is 8.61.